The Morgan fingerprint density at radius 1 is 1.14 bits per heavy atom. The van der Waals surface area contributed by atoms with Crippen LogP contribution >= 0.6 is 11.3 Å². The van der Waals surface area contributed by atoms with Crippen LogP contribution in [0, 0.1) is 21.7 Å². The summed E-state index contributed by atoms with van der Waals surface area (Å²) >= 11 is 0.616. The molecule has 1 aromatic heterocycles. The summed E-state index contributed by atoms with van der Waals surface area (Å²) < 4.78 is 51.5. The molecule has 8 nitrogen and oxygen atoms in total. The fraction of sp³-hybridized carbons (Fsp3) is 0. The smallest absolute Gasteiger partial charge is 0.269 e. The van der Waals surface area contributed by atoms with Gasteiger partial charge in [0.15, 0.2) is 5.13 Å². The van der Waals surface area contributed by atoms with Crippen molar-refractivity contribution in [3.05, 3.63) is 76.0 Å². The third-order valence-corrected chi connectivity index (χ3v) is 6.65. The molecule has 0 radical (unpaired) electrons. The first-order valence-corrected chi connectivity index (χ1v) is 9.70. The van der Waals surface area contributed by atoms with Crippen molar-refractivity contribution in [3.8, 4) is 0 Å². The maximum atomic E-state index is 13.6. The summed E-state index contributed by atoms with van der Waals surface area (Å²) in [6.07, 6.45) is 0.998. The van der Waals surface area contributed by atoms with Crippen molar-refractivity contribution in [2.24, 2.45) is 0 Å². The Morgan fingerprint density at radius 2 is 1.82 bits per heavy atom. The van der Waals surface area contributed by atoms with Crippen molar-refractivity contribution in [2.45, 2.75) is 9.10 Å². The average molecular weight is 425 g/mol. The maximum absolute atomic E-state index is 13.6. The van der Waals surface area contributed by atoms with Gasteiger partial charge in [0.05, 0.1) is 21.6 Å². The molecule has 0 atom stereocenters. The first-order chi connectivity index (χ1) is 13.2. The number of anilines is 1. The fourth-order valence-electron chi connectivity index (χ4n) is 2.14. The summed E-state index contributed by atoms with van der Waals surface area (Å²) in [5.74, 6) is -2.85. The van der Waals surface area contributed by atoms with E-state index in [1.165, 1.54) is 0 Å². The van der Waals surface area contributed by atoms with E-state index in [1.54, 1.807) is 0 Å². The van der Waals surface area contributed by atoms with Crippen LogP contribution in [0.2, 0.25) is 0 Å². The lowest BCUT2D eigenvalue weighted by atomic mass is 10.2. The minimum Gasteiger partial charge on any atom is -0.298 e. The molecule has 12 heteroatoms. The number of carbonyl (C=O) groups is 1. The normalized spacial score (nSPS) is 11.2. The number of benzene rings is 2. The van der Waals surface area contributed by atoms with Crippen molar-refractivity contribution in [1.29, 1.82) is 0 Å². The number of thiazole rings is 1. The van der Waals surface area contributed by atoms with Crippen LogP contribution in [0.3, 0.4) is 0 Å². The fourth-order valence-corrected chi connectivity index (χ4v) is 4.57. The number of sulfone groups is 1. The van der Waals surface area contributed by atoms with Gasteiger partial charge in [-0.2, -0.15) is 0 Å². The Morgan fingerprint density at radius 3 is 2.43 bits per heavy atom. The SMILES string of the molecule is O=C(Nc1ncc(S(=O)(=O)c2ccc([N+](=O)[O-])cc2)s1)c1ccc(F)cc1F. The van der Waals surface area contributed by atoms with Crippen molar-refractivity contribution in [1.82, 2.24) is 4.98 Å². The van der Waals surface area contributed by atoms with Gasteiger partial charge in [0, 0.05) is 18.2 Å². The van der Waals surface area contributed by atoms with Gasteiger partial charge in [0.2, 0.25) is 9.84 Å². The molecule has 2 aromatic carbocycles. The highest BCUT2D eigenvalue weighted by atomic mass is 32.2. The van der Waals surface area contributed by atoms with Gasteiger partial charge >= 0.3 is 0 Å². The minimum absolute atomic E-state index is 0.116. The Bertz CT molecular complexity index is 1180. The third kappa shape index (κ3) is 3.87. The number of nitro groups is 1. The molecule has 0 saturated heterocycles. The largest absolute Gasteiger partial charge is 0.298 e. The van der Waals surface area contributed by atoms with E-state index in [9.17, 15) is 32.1 Å². The number of hydrogen-bond donors (Lipinski definition) is 1. The minimum atomic E-state index is -4.02. The number of carbonyl (C=O) groups excluding carboxylic acids is 1. The van der Waals surface area contributed by atoms with Crippen LogP contribution < -0.4 is 5.32 Å². The predicted octanol–water partition coefficient (Wildman–Crippen LogP) is 3.41. The summed E-state index contributed by atoms with van der Waals surface area (Å²) in [5.41, 5.74) is -0.700. The van der Waals surface area contributed by atoms with E-state index in [2.05, 4.69) is 10.3 Å². The number of nitrogens with one attached hydrogen (secondary N) is 1. The van der Waals surface area contributed by atoms with E-state index in [4.69, 9.17) is 0 Å². The summed E-state index contributed by atoms with van der Waals surface area (Å²) in [7, 11) is -4.02. The van der Waals surface area contributed by atoms with Crippen LogP contribution in [0.4, 0.5) is 19.6 Å². The highest BCUT2D eigenvalue weighted by Crippen LogP contribution is 2.29. The lowest BCUT2D eigenvalue weighted by Crippen LogP contribution is -2.13. The second-order valence-corrected chi connectivity index (χ2v) is 8.52. The molecule has 0 aliphatic carbocycles. The molecule has 0 unspecified atom stereocenters. The maximum Gasteiger partial charge on any atom is 0.269 e. The second kappa shape index (κ2) is 7.40. The van der Waals surface area contributed by atoms with Crippen LogP contribution in [-0.2, 0) is 9.84 Å². The molecule has 28 heavy (non-hydrogen) atoms. The number of nitro benzene ring substituents is 1. The average Bonchev–Trinajstić information content (AvgIpc) is 3.11. The van der Waals surface area contributed by atoms with Gasteiger partial charge in [-0.15, -0.1) is 0 Å². The van der Waals surface area contributed by atoms with Gasteiger partial charge in [0.25, 0.3) is 11.6 Å². The number of rotatable bonds is 5. The van der Waals surface area contributed by atoms with E-state index in [1.807, 2.05) is 0 Å². The zero-order valence-corrected chi connectivity index (χ0v) is 15.3. The third-order valence-electron chi connectivity index (χ3n) is 3.50. The van der Waals surface area contributed by atoms with Gasteiger partial charge in [-0.25, -0.2) is 22.2 Å². The molecule has 1 N–H and O–H groups in total. The number of aromatic nitrogens is 1. The van der Waals surface area contributed by atoms with Crippen molar-refractivity contribution >= 4 is 37.9 Å². The number of nitrogens with zero attached hydrogens (tertiary/aromatic N) is 2. The Labute approximate surface area is 160 Å². The molecule has 0 aliphatic rings. The molecule has 0 fully saturated rings. The second-order valence-electron chi connectivity index (χ2n) is 5.32. The summed E-state index contributed by atoms with van der Waals surface area (Å²) in [6.45, 7) is 0. The van der Waals surface area contributed by atoms with Crippen LogP contribution in [-0.4, -0.2) is 24.2 Å². The van der Waals surface area contributed by atoms with Crippen LogP contribution in [0.1, 0.15) is 10.4 Å². The highest BCUT2D eigenvalue weighted by Gasteiger charge is 2.23. The van der Waals surface area contributed by atoms with Gasteiger partial charge in [-0.1, -0.05) is 11.3 Å². The number of hydrogen-bond acceptors (Lipinski definition) is 7. The quantitative estimate of drug-likeness (QED) is 0.494. The Hall–Kier alpha value is -3.25. The molecule has 1 heterocycles. The number of halogens is 2. The van der Waals surface area contributed by atoms with Crippen LogP contribution in [0.25, 0.3) is 0 Å². The molecular formula is C16H9F2N3O5S2. The van der Waals surface area contributed by atoms with Gasteiger partial charge in [-0.05, 0) is 24.3 Å². The topological polar surface area (TPSA) is 119 Å². The molecule has 3 rings (SSSR count). The van der Waals surface area contributed by atoms with Crippen LogP contribution in [0.5, 0.6) is 0 Å². The molecule has 1 amide bonds. The molecule has 144 valence electrons. The number of amides is 1. The van der Waals surface area contributed by atoms with Gasteiger partial charge in [-0.3, -0.25) is 20.2 Å². The first kappa shape index (κ1) is 19.5. The molecule has 0 bridgehead atoms. The Kier molecular flexibility index (Phi) is 5.16. The molecule has 0 spiro atoms. The standard InChI is InChI=1S/C16H9F2N3O5S2/c17-9-1-6-12(13(18)7-9)15(22)20-16-19-8-14(27-16)28(25,26)11-4-2-10(3-5-11)21(23)24/h1-8H,(H,19,20,22). The monoisotopic (exact) mass is 425 g/mol. The molecule has 3 aromatic rings. The van der Waals surface area contributed by atoms with Gasteiger partial charge in [0.1, 0.15) is 15.8 Å². The van der Waals surface area contributed by atoms with Crippen molar-refractivity contribution < 1.29 is 26.9 Å². The van der Waals surface area contributed by atoms with E-state index in [0.29, 0.717) is 17.4 Å². The van der Waals surface area contributed by atoms with Crippen molar-refractivity contribution in [2.75, 3.05) is 5.32 Å². The number of non-ortho nitro benzene ring substituents is 1. The molecule has 0 aliphatic heterocycles. The Balaban J connectivity index is 1.82. The predicted molar refractivity (Wildman–Crippen MR) is 95.0 cm³/mol. The lowest BCUT2D eigenvalue weighted by molar-refractivity contribution is -0.384. The highest BCUT2D eigenvalue weighted by molar-refractivity contribution is 7.93. The van der Waals surface area contributed by atoms with E-state index in [0.717, 1.165) is 42.6 Å². The summed E-state index contributed by atoms with van der Waals surface area (Å²) in [5, 5.41) is 12.8. The van der Waals surface area contributed by atoms with E-state index in [-0.39, 0.29) is 19.9 Å². The molecule has 0 saturated carbocycles. The van der Waals surface area contributed by atoms with Crippen molar-refractivity contribution in [3.63, 3.8) is 0 Å². The lowest BCUT2D eigenvalue weighted by Gasteiger charge is -2.03. The molecular weight excluding hydrogens is 416 g/mol. The van der Waals surface area contributed by atoms with E-state index < -0.39 is 37.9 Å². The summed E-state index contributed by atoms with van der Waals surface area (Å²) in [6, 6.07) is 6.66. The zero-order chi connectivity index (χ0) is 20.5. The van der Waals surface area contributed by atoms with Gasteiger partial charge < -0.3 is 0 Å². The van der Waals surface area contributed by atoms with E-state index >= 15 is 0 Å². The van der Waals surface area contributed by atoms with Crippen LogP contribution in [0.15, 0.2) is 57.8 Å². The summed E-state index contributed by atoms with van der Waals surface area (Å²) in [4.78, 5) is 25.6. The zero-order valence-electron chi connectivity index (χ0n) is 13.6. The first-order valence-electron chi connectivity index (χ1n) is 7.40.